The van der Waals surface area contributed by atoms with Gasteiger partial charge in [-0.15, -0.1) is 0 Å². The van der Waals surface area contributed by atoms with E-state index in [2.05, 4.69) is 34.5 Å². The average Bonchev–Trinajstić information content (AvgIpc) is 2.81. The highest BCUT2D eigenvalue weighted by Crippen LogP contribution is 2.42. The Balaban J connectivity index is 1.54. The van der Waals surface area contributed by atoms with Crippen LogP contribution in [-0.4, -0.2) is 30.1 Å². The molecule has 0 amide bonds. The highest BCUT2D eigenvalue weighted by atomic mass is 19.1. The molecule has 0 radical (unpaired) electrons. The van der Waals surface area contributed by atoms with Crippen molar-refractivity contribution in [2.75, 3.05) is 13.1 Å². The van der Waals surface area contributed by atoms with E-state index in [1.807, 2.05) is 24.3 Å². The monoisotopic (exact) mass is 418 g/mol. The molecule has 3 atom stereocenters. The van der Waals surface area contributed by atoms with Gasteiger partial charge in [-0.25, -0.2) is 8.78 Å². The highest BCUT2D eigenvalue weighted by Gasteiger charge is 2.46. The van der Waals surface area contributed by atoms with Crippen molar-refractivity contribution >= 4 is 0 Å². The fraction of sp³-hybridized carbons (Fsp3) is 0.333. The number of piperidine rings is 3. The lowest BCUT2D eigenvalue weighted by atomic mass is 9.70. The van der Waals surface area contributed by atoms with Crippen molar-refractivity contribution in [2.45, 2.75) is 37.4 Å². The second kappa shape index (κ2) is 8.89. The van der Waals surface area contributed by atoms with Crippen molar-refractivity contribution in [3.8, 4) is 0 Å². The first-order valence-corrected chi connectivity index (χ1v) is 11.2. The van der Waals surface area contributed by atoms with Gasteiger partial charge >= 0.3 is 0 Å². The summed E-state index contributed by atoms with van der Waals surface area (Å²) in [6.45, 7) is 2.80. The van der Waals surface area contributed by atoms with Crippen molar-refractivity contribution in [1.82, 2.24) is 10.2 Å². The zero-order chi connectivity index (χ0) is 21.2. The van der Waals surface area contributed by atoms with Gasteiger partial charge in [0.2, 0.25) is 0 Å². The van der Waals surface area contributed by atoms with Crippen LogP contribution in [0.25, 0.3) is 0 Å². The number of nitrogens with one attached hydrogen (secondary N) is 1. The Morgan fingerprint density at radius 2 is 1.61 bits per heavy atom. The van der Waals surface area contributed by atoms with Crippen LogP contribution in [0.1, 0.15) is 35.4 Å². The fourth-order valence-electron chi connectivity index (χ4n) is 5.61. The summed E-state index contributed by atoms with van der Waals surface area (Å²) in [6.07, 6.45) is 2.30. The van der Waals surface area contributed by atoms with Gasteiger partial charge in [0, 0.05) is 24.5 Å². The Hall–Kier alpha value is -2.56. The van der Waals surface area contributed by atoms with Gasteiger partial charge in [0.1, 0.15) is 11.6 Å². The van der Waals surface area contributed by atoms with Crippen LogP contribution < -0.4 is 5.32 Å². The summed E-state index contributed by atoms with van der Waals surface area (Å²) in [5.41, 5.74) is 2.73. The summed E-state index contributed by atoms with van der Waals surface area (Å²) in [5.74, 6) is -0.181. The third-order valence-electron chi connectivity index (χ3n) is 7.05. The number of rotatable bonds is 6. The predicted octanol–water partition coefficient (Wildman–Crippen LogP) is 5.35. The van der Waals surface area contributed by atoms with E-state index >= 15 is 4.39 Å². The van der Waals surface area contributed by atoms with Gasteiger partial charge in [-0.3, -0.25) is 4.90 Å². The summed E-state index contributed by atoms with van der Waals surface area (Å²) >= 11 is 0. The molecule has 3 fully saturated rings. The number of fused-ring (bicyclic) bond motifs is 3. The number of benzene rings is 3. The minimum atomic E-state index is -0.274. The normalized spacial score (nSPS) is 26.0. The zero-order valence-corrected chi connectivity index (χ0v) is 17.6. The standard InChI is InChI=1S/C27H28F2N2/c28-22-10-6-9-21(17-22)25(23-11-4-5-12-24(23)29)27-26(20-13-15-31(27)16-14-20)30-18-19-7-2-1-3-8-19/h1-12,17,20,25-27,30H,13-16,18H2. The van der Waals surface area contributed by atoms with Gasteiger partial charge in [0.15, 0.2) is 0 Å². The summed E-state index contributed by atoms with van der Waals surface area (Å²) < 4.78 is 29.3. The second-order valence-corrected chi connectivity index (χ2v) is 8.81. The van der Waals surface area contributed by atoms with E-state index in [0.29, 0.717) is 11.5 Å². The van der Waals surface area contributed by atoms with Crippen LogP contribution in [-0.2, 0) is 6.54 Å². The van der Waals surface area contributed by atoms with Crippen LogP contribution in [0.3, 0.4) is 0 Å². The van der Waals surface area contributed by atoms with E-state index in [1.165, 1.54) is 17.7 Å². The number of hydrogen-bond donors (Lipinski definition) is 1. The van der Waals surface area contributed by atoms with Gasteiger partial charge in [0.05, 0.1) is 0 Å². The molecule has 1 N–H and O–H groups in total. The molecule has 31 heavy (non-hydrogen) atoms. The van der Waals surface area contributed by atoms with Crippen molar-refractivity contribution in [3.63, 3.8) is 0 Å². The molecular weight excluding hydrogens is 390 g/mol. The van der Waals surface area contributed by atoms with Crippen LogP contribution in [0.15, 0.2) is 78.9 Å². The van der Waals surface area contributed by atoms with Gasteiger partial charge in [0.25, 0.3) is 0 Å². The number of hydrogen-bond acceptors (Lipinski definition) is 2. The van der Waals surface area contributed by atoms with Crippen molar-refractivity contribution in [1.29, 1.82) is 0 Å². The fourth-order valence-corrected chi connectivity index (χ4v) is 5.61. The van der Waals surface area contributed by atoms with E-state index in [-0.39, 0.29) is 29.6 Å². The molecule has 3 saturated heterocycles. The lowest BCUT2D eigenvalue weighted by Crippen LogP contribution is -2.64. The van der Waals surface area contributed by atoms with Crippen LogP contribution in [0.4, 0.5) is 8.78 Å². The molecule has 0 aromatic heterocycles. The second-order valence-electron chi connectivity index (χ2n) is 8.81. The first-order valence-electron chi connectivity index (χ1n) is 11.2. The number of halogens is 2. The van der Waals surface area contributed by atoms with Crippen LogP contribution in [0, 0.1) is 17.6 Å². The molecule has 3 heterocycles. The molecule has 3 aromatic rings. The molecule has 160 valence electrons. The largest absolute Gasteiger partial charge is 0.308 e. The molecule has 0 saturated carbocycles. The minimum absolute atomic E-state index is 0.0786. The maximum Gasteiger partial charge on any atom is 0.127 e. The maximum atomic E-state index is 15.1. The van der Waals surface area contributed by atoms with E-state index in [1.54, 1.807) is 18.2 Å². The Morgan fingerprint density at radius 1 is 0.871 bits per heavy atom. The van der Waals surface area contributed by atoms with Crippen LogP contribution in [0.2, 0.25) is 0 Å². The van der Waals surface area contributed by atoms with Gasteiger partial charge in [-0.1, -0.05) is 60.7 Å². The Bertz CT molecular complexity index is 1010. The molecule has 6 rings (SSSR count). The van der Waals surface area contributed by atoms with E-state index in [4.69, 9.17) is 0 Å². The summed E-state index contributed by atoms with van der Waals surface area (Å²) in [4.78, 5) is 2.49. The Morgan fingerprint density at radius 3 is 2.35 bits per heavy atom. The van der Waals surface area contributed by atoms with Gasteiger partial charge < -0.3 is 5.32 Å². The topological polar surface area (TPSA) is 15.3 Å². The first kappa shape index (κ1) is 20.3. The third kappa shape index (κ3) is 4.15. The molecule has 3 unspecified atom stereocenters. The number of nitrogens with zero attached hydrogens (tertiary/aromatic N) is 1. The lowest BCUT2D eigenvalue weighted by Gasteiger charge is -2.54. The molecule has 2 nitrogen and oxygen atoms in total. The van der Waals surface area contributed by atoms with Gasteiger partial charge in [-0.05, 0) is 66.7 Å². The molecule has 0 spiro atoms. The highest BCUT2D eigenvalue weighted by molar-refractivity contribution is 5.37. The van der Waals surface area contributed by atoms with Crippen molar-refractivity contribution in [3.05, 3.63) is 107 Å². The predicted molar refractivity (Wildman–Crippen MR) is 120 cm³/mol. The van der Waals surface area contributed by atoms with E-state index < -0.39 is 0 Å². The Labute approximate surface area is 182 Å². The molecule has 3 aliphatic rings. The summed E-state index contributed by atoms with van der Waals surface area (Å²) in [7, 11) is 0. The minimum Gasteiger partial charge on any atom is -0.308 e. The molecule has 0 aliphatic carbocycles. The lowest BCUT2D eigenvalue weighted by molar-refractivity contribution is 0.00422. The summed E-state index contributed by atoms with van der Waals surface area (Å²) in [6, 6.07) is 24.4. The van der Waals surface area contributed by atoms with E-state index in [9.17, 15) is 4.39 Å². The SMILES string of the molecule is Fc1cccc(C(c2ccccc2F)C2C(NCc3ccccc3)C3CCN2CC3)c1. The van der Waals surface area contributed by atoms with Crippen LogP contribution >= 0.6 is 0 Å². The third-order valence-corrected chi connectivity index (χ3v) is 7.05. The van der Waals surface area contributed by atoms with Crippen LogP contribution in [0.5, 0.6) is 0 Å². The average molecular weight is 419 g/mol. The van der Waals surface area contributed by atoms with E-state index in [0.717, 1.165) is 38.0 Å². The molecule has 3 aromatic carbocycles. The van der Waals surface area contributed by atoms with Gasteiger partial charge in [-0.2, -0.15) is 0 Å². The molecule has 4 heteroatoms. The zero-order valence-electron chi connectivity index (χ0n) is 17.6. The quantitative estimate of drug-likeness (QED) is 0.581. The maximum absolute atomic E-state index is 15.1. The smallest absolute Gasteiger partial charge is 0.127 e. The first-order chi connectivity index (χ1) is 15.2. The summed E-state index contributed by atoms with van der Waals surface area (Å²) in [5, 5.41) is 3.82. The van der Waals surface area contributed by atoms with Crippen molar-refractivity contribution in [2.24, 2.45) is 5.92 Å². The molecule has 2 bridgehead atoms. The molecular formula is C27H28F2N2. The van der Waals surface area contributed by atoms with Crippen molar-refractivity contribution < 1.29 is 8.78 Å². The molecule has 3 aliphatic heterocycles. The Kier molecular flexibility index (Phi) is 5.84.